The van der Waals surface area contributed by atoms with Gasteiger partial charge in [0.25, 0.3) is 5.79 Å². The van der Waals surface area contributed by atoms with Gasteiger partial charge in [-0.1, -0.05) is 0 Å². The molecule has 2 aromatic rings. The number of cyclic esters (lactones) is 1. The van der Waals surface area contributed by atoms with Gasteiger partial charge in [-0.2, -0.15) is 0 Å². The molecule has 2 N–H and O–H groups in total. The summed E-state index contributed by atoms with van der Waals surface area (Å²) in [5.41, 5.74) is 0.737. The smallest absolute Gasteiger partial charge is 0.349 e. The summed E-state index contributed by atoms with van der Waals surface area (Å²) in [4.78, 5) is 12.0. The first-order chi connectivity index (χ1) is 8.80. The molecule has 0 atom stereocenters. The molecule has 19 heavy (non-hydrogen) atoms. The lowest BCUT2D eigenvalue weighted by molar-refractivity contribution is -0.136. The molecule has 1 aromatic heterocycles. The fraction of sp³-hybridized carbons (Fsp3) is 0.308. The van der Waals surface area contributed by atoms with Crippen LogP contribution >= 0.6 is 0 Å². The van der Waals surface area contributed by atoms with Gasteiger partial charge >= 0.3 is 11.9 Å². The lowest BCUT2D eigenvalue weighted by atomic mass is 10.1. The summed E-state index contributed by atoms with van der Waals surface area (Å²) >= 11 is 0. The van der Waals surface area contributed by atoms with Gasteiger partial charge in [0.05, 0.1) is 0 Å². The summed E-state index contributed by atoms with van der Waals surface area (Å²) in [5, 5.41) is 19.6. The van der Waals surface area contributed by atoms with Crippen LogP contribution in [0, 0.1) is 6.92 Å². The number of phenols is 2. The number of phenolic OH excluding ortho intramolecular Hbond substituents is 2. The SMILES string of the molecule is Cc1c(O)c(O)cc2c3c(oc12)OC(C)(C)OC3=O. The minimum absolute atomic E-state index is 0.0318. The van der Waals surface area contributed by atoms with E-state index in [1.807, 2.05) is 0 Å². The quantitative estimate of drug-likeness (QED) is 0.561. The topological polar surface area (TPSA) is 89.1 Å². The summed E-state index contributed by atoms with van der Waals surface area (Å²) in [7, 11) is 0. The first-order valence-electron chi connectivity index (χ1n) is 5.70. The van der Waals surface area contributed by atoms with Crippen LogP contribution in [-0.4, -0.2) is 22.0 Å². The number of hydrogen-bond acceptors (Lipinski definition) is 6. The maximum atomic E-state index is 12.0. The van der Waals surface area contributed by atoms with Gasteiger partial charge in [0.15, 0.2) is 17.1 Å². The van der Waals surface area contributed by atoms with Crippen LogP contribution in [0.1, 0.15) is 29.8 Å². The fourth-order valence-electron chi connectivity index (χ4n) is 2.13. The largest absolute Gasteiger partial charge is 0.504 e. The average molecular weight is 264 g/mol. The molecule has 0 unspecified atom stereocenters. The molecule has 0 spiro atoms. The highest BCUT2D eigenvalue weighted by Gasteiger charge is 2.39. The number of ether oxygens (including phenoxy) is 2. The highest BCUT2D eigenvalue weighted by atomic mass is 16.8. The number of carbonyl (C=O) groups is 1. The number of hydrogen-bond donors (Lipinski definition) is 2. The Bertz CT molecular complexity index is 710. The number of rotatable bonds is 0. The standard InChI is InChI=1S/C13H12O6/c1-5-9(15)7(14)4-6-8-11(16)18-13(2,3)19-12(8)17-10(5)6/h4,14-15H,1-3H3. The van der Waals surface area contributed by atoms with Gasteiger partial charge in [0.1, 0.15) is 5.58 Å². The highest BCUT2D eigenvalue weighted by molar-refractivity contribution is 6.07. The molecule has 6 nitrogen and oxygen atoms in total. The molecule has 2 heterocycles. The Morgan fingerprint density at radius 2 is 1.89 bits per heavy atom. The molecule has 0 aliphatic carbocycles. The van der Waals surface area contributed by atoms with E-state index in [9.17, 15) is 15.0 Å². The van der Waals surface area contributed by atoms with Crippen LogP contribution in [-0.2, 0) is 4.74 Å². The van der Waals surface area contributed by atoms with Gasteiger partial charge in [0, 0.05) is 24.8 Å². The Morgan fingerprint density at radius 1 is 1.21 bits per heavy atom. The summed E-state index contributed by atoms with van der Waals surface area (Å²) in [6.07, 6.45) is 0. The molecule has 6 heteroatoms. The third kappa shape index (κ3) is 1.53. The van der Waals surface area contributed by atoms with Crippen molar-refractivity contribution in [2.45, 2.75) is 26.6 Å². The molecule has 0 radical (unpaired) electrons. The van der Waals surface area contributed by atoms with Gasteiger partial charge in [-0.15, -0.1) is 0 Å². The molecular weight excluding hydrogens is 252 g/mol. The normalized spacial score (nSPS) is 16.9. The molecule has 100 valence electrons. The molecule has 1 aliphatic heterocycles. The number of esters is 1. The predicted molar refractivity (Wildman–Crippen MR) is 64.4 cm³/mol. The fourth-order valence-corrected chi connectivity index (χ4v) is 2.13. The van der Waals surface area contributed by atoms with E-state index in [2.05, 4.69) is 0 Å². The van der Waals surface area contributed by atoms with Crippen molar-refractivity contribution in [2.75, 3.05) is 0 Å². The molecule has 1 aliphatic rings. The van der Waals surface area contributed by atoms with Gasteiger partial charge in [-0.05, 0) is 13.0 Å². The maximum Gasteiger partial charge on any atom is 0.349 e. The van der Waals surface area contributed by atoms with Crippen LogP contribution in [0.3, 0.4) is 0 Å². The molecule has 3 rings (SSSR count). The zero-order valence-electron chi connectivity index (χ0n) is 10.6. The van der Waals surface area contributed by atoms with Crippen LogP contribution in [0.2, 0.25) is 0 Å². The van der Waals surface area contributed by atoms with Crippen LogP contribution in [0.15, 0.2) is 10.5 Å². The van der Waals surface area contributed by atoms with Crippen molar-refractivity contribution in [3.05, 3.63) is 17.2 Å². The Labute approximate surface area is 108 Å². The van der Waals surface area contributed by atoms with Crippen LogP contribution < -0.4 is 4.74 Å². The minimum Gasteiger partial charge on any atom is -0.504 e. The number of fused-ring (bicyclic) bond motifs is 3. The highest BCUT2D eigenvalue weighted by Crippen LogP contribution is 2.44. The van der Waals surface area contributed by atoms with Crippen LogP contribution in [0.5, 0.6) is 17.4 Å². The molecule has 1 aromatic carbocycles. The molecule has 0 amide bonds. The summed E-state index contributed by atoms with van der Waals surface area (Å²) in [6.45, 7) is 4.74. The predicted octanol–water partition coefficient (Wildman–Crippen LogP) is 2.44. The Hall–Kier alpha value is -2.37. The third-order valence-corrected chi connectivity index (χ3v) is 3.01. The number of benzene rings is 1. The maximum absolute atomic E-state index is 12.0. The van der Waals surface area contributed by atoms with Crippen molar-refractivity contribution in [1.29, 1.82) is 0 Å². The van der Waals surface area contributed by atoms with E-state index < -0.39 is 11.8 Å². The van der Waals surface area contributed by atoms with Crippen LogP contribution in [0.4, 0.5) is 0 Å². The van der Waals surface area contributed by atoms with Crippen molar-refractivity contribution >= 4 is 16.9 Å². The van der Waals surface area contributed by atoms with E-state index in [1.54, 1.807) is 20.8 Å². The number of aryl methyl sites for hydroxylation is 1. The Morgan fingerprint density at radius 3 is 2.58 bits per heavy atom. The van der Waals surface area contributed by atoms with Crippen molar-refractivity contribution < 1.29 is 28.9 Å². The first-order valence-corrected chi connectivity index (χ1v) is 5.70. The van der Waals surface area contributed by atoms with Crippen molar-refractivity contribution in [2.24, 2.45) is 0 Å². The second-order valence-corrected chi connectivity index (χ2v) is 4.90. The minimum atomic E-state index is -1.12. The lowest BCUT2D eigenvalue weighted by Crippen LogP contribution is -2.38. The van der Waals surface area contributed by atoms with E-state index in [0.717, 1.165) is 0 Å². The first kappa shape index (κ1) is 11.7. The third-order valence-electron chi connectivity index (χ3n) is 3.01. The van der Waals surface area contributed by atoms with Gasteiger partial charge in [0.2, 0.25) is 0 Å². The van der Waals surface area contributed by atoms with Crippen molar-refractivity contribution in [3.8, 4) is 17.4 Å². The summed E-state index contributed by atoms with van der Waals surface area (Å²) in [6, 6.07) is 1.25. The average Bonchev–Trinajstić information content (AvgIpc) is 2.63. The number of furan rings is 1. The molecule has 0 fully saturated rings. The monoisotopic (exact) mass is 264 g/mol. The summed E-state index contributed by atoms with van der Waals surface area (Å²) < 4.78 is 16.0. The summed E-state index contributed by atoms with van der Waals surface area (Å²) in [5.74, 6) is -2.29. The zero-order chi connectivity index (χ0) is 13.9. The molecule has 0 bridgehead atoms. The van der Waals surface area contributed by atoms with E-state index >= 15 is 0 Å². The molecule has 0 saturated carbocycles. The van der Waals surface area contributed by atoms with Crippen LogP contribution in [0.25, 0.3) is 11.0 Å². The Balaban J connectivity index is 2.36. The van der Waals surface area contributed by atoms with E-state index in [0.29, 0.717) is 10.9 Å². The van der Waals surface area contributed by atoms with Crippen molar-refractivity contribution in [1.82, 2.24) is 0 Å². The van der Waals surface area contributed by atoms with Gasteiger partial charge < -0.3 is 24.1 Å². The van der Waals surface area contributed by atoms with E-state index in [4.69, 9.17) is 13.9 Å². The van der Waals surface area contributed by atoms with E-state index in [1.165, 1.54) is 6.07 Å². The van der Waals surface area contributed by atoms with E-state index in [-0.39, 0.29) is 28.6 Å². The second-order valence-electron chi connectivity index (χ2n) is 4.90. The number of carbonyl (C=O) groups excluding carboxylic acids is 1. The Kier molecular flexibility index (Phi) is 2.06. The van der Waals surface area contributed by atoms with Gasteiger partial charge in [-0.3, -0.25) is 0 Å². The molecular formula is C13H12O6. The lowest BCUT2D eigenvalue weighted by Gasteiger charge is -2.28. The zero-order valence-corrected chi connectivity index (χ0v) is 10.6. The van der Waals surface area contributed by atoms with Gasteiger partial charge in [-0.25, -0.2) is 4.79 Å². The molecule has 0 saturated heterocycles. The van der Waals surface area contributed by atoms with Crippen molar-refractivity contribution in [3.63, 3.8) is 0 Å². The number of aromatic hydroxyl groups is 2. The second kappa shape index (κ2) is 3.34.